The number of carbonyl (C=O) groups is 3. The molecule has 0 saturated carbocycles. The summed E-state index contributed by atoms with van der Waals surface area (Å²) in [6.07, 6.45) is 1.50. The van der Waals surface area contributed by atoms with Crippen LogP contribution < -0.4 is 5.32 Å². The first kappa shape index (κ1) is 20.2. The Labute approximate surface area is 179 Å². The van der Waals surface area contributed by atoms with Crippen molar-refractivity contribution in [3.63, 3.8) is 0 Å². The summed E-state index contributed by atoms with van der Waals surface area (Å²) in [5.74, 6) is -1.22. The number of nitrogens with zero attached hydrogens (tertiary/aromatic N) is 2. The molecule has 0 unspecified atom stereocenters. The minimum Gasteiger partial charge on any atom is -0.508 e. The number of carbonyl (C=O) groups excluding carboxylic acids is 3. The number of hydrogen-bond donors (Lipinski definition) is 2. The van der Waals surface area contributed by atoms with Crippen LogP contribution >= 0.6 is 0 Å². The molecular formula is C24H21N3O4. The molecule has 0 aliphatic carbocycles. The van der Waals surface area contributed by atoms with Gasteiger partial charge in [-0.05, 0) is 49.2 Å². The number of rotatable bonds is 4. The maximum absolute atomic E-state index is 13.0. The van der Waals surface area contributed by atoms with Crippen molar-refractivity contribution in [2.24, 2.45) is 0 Å². The van der Waals surface area contributed by atoms with Crippen molar-refractivity contribution in [2.75, 3.05) is 0 Å². The average Bonchev–Trinajstić information content (AvgIpc) is 3.02. The van der Waals surface area contributed by atoms with Gasteiger partial charge in [-0.1, -0.05) is 36.4 Å². The molecule has 156 valence electrons. The Balaban J connectivity index is 1.70. The van der Waals surface area contributed by atoms with Gasteiger partial charge in [0.05, 0.1) is 6.54 Å². The molecule has 1 saturated heterocycles. The number of aryl methyl sites for hydroxylation is 1. The number of nitrogens with one attached hydrogen (secondary N) is 1. The predicted octanol–water partition coefficient (Wildman–Crippen LogP) is 3.46. The summed E-state index contributed by atoms with van der Waals surface area (Å²) < 4.78 is 1.92. The Morgan fingerprint density at radius 2 is 1.71 bits per heavy atom. The van der Waals surface area contributed by atoms with Crippen molar-refractivity contribution >= 4 is 23.9 Å². The van der Waals surface area contributed by atoms with Crippen molar-refractivity contribution in [1.82, 2.24) is 14.8 Å². The third-order valence-electron chi connectivity index (χ3n) is 5.23. The van der Waals surface area contributed by atoms with Crippen LogP contribution in [0.3, 0.4) is 0 Å². The third-order valence-corrected chi connectivity index (χ3v) is 5.23. The predicted molar refractivity (Wildman–Crippen MR) is 115 cm³/mol. The summed E-state index contributed by atoms with van der Waals surface area (Å²) >= 11 is 0. The smallest absolute Gasteiger partial charge is 0.331 e. The minimum absolute atomic E-state index is 0.0679. The van der Waals surface area contributed by atoms with E-state index >= 15 is 0 Å². The molecule has 1 aliphatic rings. The maximum atomic E-state index is 13.0. The van der Waals surface area contributed by atoms with Crippen LogP contribution in [0.25, 0.3) is 11.8 Å². The van der Waals surface area contributed by atoms with Crippen LogP contribution in [0.2, 0.25) is 0 Å². The number of aromatic hydroxyl groups is 1. The van der Waals surface area contributed by atoms with Crippen LogP contribution in [0.4, 0.5) is 4.79 Å². The topological polar surface area (TPSA) is 91.6 Å². The summed E-state index contributed by atoms with van der Waals surface area (Å²) in [5.41, 5.74) is 3.78. The van der Waals surface area contributed by atoms with Gasteiger partial charge >= 0.3 is 6.03 Å². The van der Waals surface area contributed by atoms with Crippen molar-refractivity contribution in [3.8, 4) is 11.4 Å². The average molecular weight is 415 g/mol. The zero-order chi connectivity index (χ0) is 22.1. The molecule has 7 heteroatoms. The molecule has 0 radical (unpaired) electrons. The zero-order valence-electron chi connectivity index (χ0n) is 17.1. The zero-order valence-corrected chi connectivity index (χ0v) is 17.1. The van der Waals surface area contributed by atoms with E-state index < -0.39 is 17.8 Å². The molecule has 2 aromatic carbocycles. The highest BCUT2D eigenvalue weighted by Gasteiger charge is 2.35. The highest BCUT2D eigenvalue weighted by atomic mass is 16.3. The van der Waals surface area contributed by atoms with Crippen molar-refractivity contribution in [3.05, 3.63) is 88.8 Å². The van der Waals surface area contributed by atoms with Crippen molar-refractivity contribution < 1.29 is 19.5 Å². The highest BCUT2D eigenvalue weighted by molar-refractivity contribution is 6.31. The number of benzene rings is 2. The van der Waals surface area contributed by atoms with Crippen molar-refractivity contribution in [2.45, 2.75) is 20.4 Å². The SMILES string of the molecule is Cc1cc(/C=C2/C(=O)NC(=O)N(Cc3ccccc3)C2=O)c(C)n1-c1cccc(O)c1. The van der Waals surface area contributed by atoms with E-state index in [0.717, 1.165) is 27.5 Å². The number of phenols is 1. The van der Waals surface area contributed by atoms with Crippen LogP contribution in [0, 0.1) is 13.8 Å². The molecule has 4 amide bonds. The van der Waals surface area contributed by atoms with E-state index in [1.807, 2.05) is 60.9 Å². The Morgan fingerprint density at radius 3 is 2.42 bits per heavy atom. The normalized spacial score (nSPS) is 15.5. The van der Waals surface area contributed by atoms with E-state index in [1.165, 1.54) is 6.08 Å². The largest absolute Gasteiger partial charge is 0.508 e. The molecule has 0 atom stereocenters. The third kappa shape index (κ3) is 3.85. The number of amides is 4. The molecular weight excluding hydrogens is 394 g/mol. The summed E-state index contributed by atoms with van der Waals surface area (Å²) in [6.45, 7) is 3.83. The fourth-order valence-electron chi connectivity index (χ4n) is 3.72. The fourth-order valence-corrected chi connectivity index (χ4v) is 3.72. The van der Waals surface area contributed by atoms with Gasteiger partial charge in [0.1, 0.15) is 11.3 Å². The van der Waals surface area contributed by atoms with Crippen LogP contribution in [0.15, 0.2) is 66.2 Å². The second-order valence-electron chi connectivity index (χ2n) is 7.38. The number of phenolic OH excluding ortho intramolecular Hbond substituents is 1. The second-order valence-corrected chi connectivity index (χ2v) is 7.38. The Kier molecular flexibility index (Phi) is 5.17. The lowest BCUT2D eigenvalue weighted by molar-refractivity contribution is -0.130. The van der Waals surface area contributed by atoms with Gasteiger partial charge in [0.2, 0.25) is 0 Å². The lowest BCUT2D eigenvalue weighted by atomic mass is 10.1. The van der Waals surface area contributed by atoms with E-state index in [9.17, 15) is 19.5 Å². The van der Waals surface area contributed by atoms with Crippen LogP contribution in [-0.2, 0) is 16.1 Å². The summed E-state index contributed by atoms with van der Waals surface area (Å²) in [5, 5.41) is 12.1. The second kappa shape index (κ2) is 7.95. The molecule has 2 heterocycles. The molecule has 0 spiro atoms. The summed E-state index contributed by atoms with van der Waals surface area (Å²) in [7, 11) is 0. The Bertz CT molecular complexity index is 1220. The Morgan fingerprint density at radius 1 is 0.968 bits per heavy atom. The van der Waals surface area contributed by atoms with Gasteiger partial charge in [-0.2, -0.15) is 0 Å². The molecule has 31 heavy (non-hydrogen) atoms. The number of urea groups is 1. The summed E-state index contributed by atoms with van der Waals surface area (Å²) in [4.78, 5) is 38.8. The van der Waals surface area contributed by atoms with E-state index in [-0.39, 0.29) is 17.9 Å². The first-order valence-electron chi connectivity index (χ1n) is 9.76. The van der Waals surface area contributed by atoms with E-state index in [1.54, 1.807) is 18.2 Å². The molecule has 4 rings (SSSR count). The van der Waals surface area contributed by atoms with E-state index in [4.69, 9.17) is 0 Å². The van der Waals surface area contributed by atoms with Gasteiger partial charge in [-0.3, -0.25) is 19.8 Å². The van der Waals surface area contributed by atoms with Gasteiger partial charge in [0.15, 0.2) is 0 Å². The summed E-state index contributed by atoms with van der Waals surface area (Å²) in [6, 6.07) is 17.0. The number of aromatic nitrogens is 1. The molecule has 1 aromatic heterocycles. The number of barbiturate groups is 1. The van der Waals surface area contributed by atoms with Crippen LogP contribution in [0.5, 0.6) is 5.75 Å². The molecule has 1 aliphatic heterocycles. The lowest BCUT2D eigenvalue weighted by Crippen LogP contribution is -2.53. The molecule has 2 N–H and O–H groups in total. The maximum Gasteiger partial charge on any atom is 0.331 e. The molecule has 0 bridgehead atoms. The van der Waals surface area contributed by atoms with Crippen LogP contribution in [0.1, 0.15) is 22.5 Å². The number of hydrogen-bond acceptors (Lipinski definition) is 4. The lowest BCUT2D eigenvalue weighted by Gasteiger charge is -2.26. The first-order chi connectivity index (χ1) is 14.8. The van der Waals surface area contributed by atoms with E-state index in [2.05, 4.69) is 5.32 Å². The standard InChI is InChI=1S/C24H21N3O4/c1-15-11-18(16(2)27(15)19-9-6-10-20(28)13-19)12-21-22(29)25-24(31)26(23(21)30)14-17-7-4-3-5-8-17/h3-13,28H,14H2,1-2H3,(H,25,29,31)/b21-12-. The van der Waals surface area contributed by atoms with E-state index in [0.29, 0.717) is 5.56 Å². The van der Waals surface area contributed by atoms with Gasteiger partial charge in [-0.25, -0.2) is 4.79 Å². The quantitative estimate of drug-likeness (QED) is 0.504. The first-order valence-corrected chi connectivity index (χ1v) is 9.76. The number of imide groups is 2. The fraction of sp³-hybridized carbons (Fsp3) is 0.125. The van der Waals surface area contributed by atoms with Gasteiger partial charge < -0.3 is 9.67 Å². The monoisotopic (exact) mass is 415 g/mol. The molecule has 7 nitrogen and oxygen atoms in total. The Hall–Kier alpha value is -4.13. The highest BCUT2D eigenvalue weighted by Crippen LogP contribution is 2.26. The molecule has 1 fully saturated rings. The van der Waals surface area contributed by atoms with Gasteiger partial charge in [0, 0.05) is 23.1 Å². The van der Waals surface area contributed by atoms with Gasteiger partial charge in [0.25, 0.3) is 11.8 Å². The van der Waals surface area contributed by atoms with Crippen LogP contribution in [-0.4, -0.2) is 32.4 Å². The van der Waals surface area contributed by atoms with Gasteiger partial charge in [-0.15, -0.1) is 0 Å². The van der Waals surface area contributed by atoms with Crippen molar-refractivity contribution in [1.29, 1.82) is 0 Å². The minimum atomic E-state index is -0.735. The molecule has 3 aromatic rings.